The molecule has 0 spiro atoms. The van der Waals surface area contributed by atoms with Gasteiger partial charge in [-0.15, -0.1) is 0 Å². The molecule has 0 bridgehead atoms. The van der Waals surface area contributed by atoms with Gasteiger partial charge in [-0.1, -0.05) is 24.6 Å². The smallest absolute Gasteiger partial charge is 0.0995 e. The van der Waals surface area contributed by atoms with Crippen LogP contribution < -0.4 is 0 Å². The van der Waals surface area contributed by atoms with Crippen molar-refractivity contribution in [2.75, 3.05) is 0 Å². The molecule has 2 rings (SSSR count). The number of hydrogen-bond acceptors (Lipinski definition) is 2. The van der Waals surface area contributed by atoms with Crippen molar-refractivity contribution in [3.63, 3.8) is 0 Å². The van der Waals surface area contributed by atoms with Crippen molar-refractivity contribution in [3.05, 3.63) is 35.4 Å². The molecule has 2 heteroatoms. The summed E-state index contributed by atoms with van der Waals surface area (Å²) in [4.78, 5) is 2.53. The van der Waals surface area contributed by atoms with Crippen LogP contribution in [0.15, 0.2) is 24.3 Å². The molecular formula is C15H20N2. The lowest BCUT2D eigenvalue weighted by Gasteiger charge is -2.39. The van der Waals surface area contributed by atoms with E-state index in [1.54, 1.807) is 0 Å². The molecule has 1 aliphatic rings. The van der Waals surface area contributed by atoms with E-state index in [0.29, 0.717) is 12.1 Å². The minimum Gasteiger partial charge on any atom is -0.294 e. The maximum atomic E-state index is 9.11. The van der Waals surface area contributed by atoms with E-state index in [1.165, 1.54) is 19.3 Å². The van der Waals surface area contributed by atoms with E-state index in [0.717, 1.165) is 17.7 Å². The van der Waals surface area contributed by atoms with Gasteiger partial charge in [0.05, 0.1) is 11.6 Å². The molecule has 0 saturated carbocycles. The Balaban J connectivity index is 2.17. The molecule has 2 unspecified atom stereocenters. The third-order valence-corrected chi connectivity index (χ3v) is 3.87. The van der Waals surface area contributed by atoms with Gasteiger partial charge in [-0.3, -0.25) is 4.90 Å². The van der Waals surface area contributed by atoms with Gasteiger partial charge in [0.1, 0.15) is 0 Å². The average molecular weight is 228 g/mol. The van der Waals surface area contributed by atoms with Crippen molar-refractivity contribution < 1.29 is 0 Å². The van der Waals surface area contributed by atoms with Crippen LogP contribution in [0.25, 0.3) is 0 Å². The standard InChI is InChI=1S/C15H20N2/c1-12-6-5-7-13(2)17(12)11-15-9-4-3-8-14(15)10-16/h3-4,8-9,12-13H,5-7,11H2,1-2H3. The van der Waals surface area contributed by atoms with E-state index < -0.39 is 0 Å². The van der Waals surface area contributed by atoms with Gasteiger partial charge in [0, 0.05) is 18.6 Å². The molecule has 0 aromatic heterocycles. The van der Waals surface area contributed by atoms with Crippen molar-refractivity contribution in [1.82, 2.24) is 4.90 Å². The van der Waals surface area contributed by atoms with Gasteiger partial charge in [-0.25, -0.2) is 0 Å². The molecule has 0 aliphatic carbocycles. The molecule has 1 aliphatic heterocycles. The first kappa shape index (κ1) is 12.1. The highest BCUT2D eigenvalue weighted by atomic mass is 15.2. The molecule has 2 nitrogen and oxygen atoms in total. The van der Waals surface area contributed by atoms with Crippen LogP contribution in [0.1, 0.15) is 44.2 Å². The highest BCUT2D eigenvalue weighted by molar-refractivity contribution is 5.37. The fraction of sp³-hybridized carbons (Fsp3) is 0.533. The fourth-order valence-corrected chi connectivity index (χ4v) is 2.75. The van der Waals surface area contributed by atoms with Crippen molar-refractivity contribution in [3.8, 4) is 6.07 Å². The number of rotatable bonds is 2. The number of nitriles is 1. The summed E-state index contributed by atoms with van der Waals surface area (Å²) in [6.07, 6.45) is 3.89. The van der Waals surface area contributed by atoms with E-state index >= 15 is 0 Å². The van der Waals surface area contributed by atoms with E-state index in [4.69, 9.17) is 5.26 Å². The Labute approximate surface area is 104 Å². The molecule has 1 aromatic carbocycles. The van der Waals surface area contributed by atoms with E-state index in [9.17, 15) is 0 Å². The third-order valence-electron chi connectivity index (χ3n) is 3.87. The second-order valence-electron chi connectivity index (χ2n) is 5.07. The monoisotopic (exact) mass is 228 g/mol. The van der Waals surface area contributed by atoms with Crippen LogP contribution in [0.5, 0.6) is 0 Å². The zero-order valence-electron chi connectivity index (χ0n) is 10.7. The Morgan fingerprint density at radius 1 is 1.24 bits per heavy atom. The third kappa shape index (κ3) is 2.68. The Morgan fingerprint density at radius 2 is 1.88 bits per heavy atom. The van der Waals surface area contributed by atoms with Crippen LogP contribution in [-0.4, -0.2) is 17.0 Å². The quantitative estimate of drug-likeness (QED) is 0.776. The molecule has 0 N–H and O–H groups in total. The SMILES string of the molecule is CC1CCCC(C)N1Cc1ccccc1C#N. The molecule has 1 aromatic rings. The molecular weight excluding hydrogens is 208 g/mol. The topological polar surface area (TPSA) is 27.0 Å². The summed E-state index contributed by atoms with van der Waals surface area (Å²) in [6, 6.07) is 11.5. The largest absolute Gasteiger partial charge is 0.294 e. The molecule has 2 atom stereocenters. The molecule has 17 heavy (non-hydrogen) atoms. The van der Waals surface area contributed by atoms with Gasteiger partial charge in [-0.2, -0.15) is 5.26 Å². The summed E-state index contributed by atoms with van der Waals surface area (Å²) in [5.41, 5.74) is 1.98. The lowest BCUT2D eigenvalue weighted by atomic mass is 9.96. The maximum absolute atomic E-state index is 9.11. The molecule has 1 heterocycles. The lowest BCUT2D eigenvalue weighted by molar-refractivity contribution is 0.0952. The summed E-state index contributed by atoms with van der Waals surface area (Å²) in [6.45, 7) is 5.50. The minimum absolute atomic E-state index is 0.630. The second-order valence-corrected chi connectivity index (χ2v) is 5.07. The number of piperidine rings is 1. The first-order valence-electron chi connectivity index (χ1n) is 6.46. The minimum atomic E-state index is 0.630. The predicted octanol–water partition coefficient (Wildman–Crippen LogP) is 3.32. The average Bonchev–Trinajstić information content (AvgIpc) is 2.34. The summed E-state index contributed by atoms with van der Waals surface area (Å²) < 4.78 is 0. The molecule has 90 valence electrons. The number of benzene rings is 1. The highest BCUT2D eigenvalue weighted by Crippen LogP contribution is 2.25. The Kier molecular flexibility index (Phi) is 3.81. The van der Waals surface area contributed by atoms with Crippen LogP contribution in [0, 0.1) is 11.3 Å². The molecule has 1 saturated heterocycles. The zero-order valence-corrected chi connectivity index (χ0v) is 10.7. The number of nitrogens with zero attached hydrogens (tertiary/aromatic N) is 2. The van der Waals surface area contributed by atoms with Gasteiger partial charge in [0.15, 0.2) is 0 Å². The number of hydrogen-bond donors (Lipinski definition) is 0. The van der Waals surface area contributed by atoms with E-state index in [1.807, 2.05) is 18.2 Å². The normalized spacial score (nSPS) is 25.5. The summed E-state index contributed by atoms with van der Waals surface area (Å²) >= 11 is 0. The van der Waals surface area contributed by atoms with Crippen molar-refractivity contribution >= 4 is 0 Å². The zero-order chi connectivity index (χ0) is 12.3. The van der Waals surface area contributed by atoms with E-state index in [2.05, 4.69) is 30.9 Å². The predicted molar refractivity (Wildman–Crippen MR) is 69.5 cm³/mol. The Hall–Kier alpha value is -1.33. The van der Waals surface area contributed by atoms with Crippen molar-refractivity contribution in [2.45, 2.75) is 51.7 Å². The fourth-order valence-electron chi connectivity index (χ4n) is 2.75. The van der Waals surface area contributed by atoms with Gasteiger partial charge < -0.3 is 0 Å². The van der Waals surface area contributed by atoms with Gasteiger partial charge in [-0.05, 0) is 38.3 Å². The first-order valence-corrected chi connectivity index (χ1v) is 6.46. The lowest BCUT2D eigenvalue weighted by Crippen LogP contribution is -2.43. The Morgan fingerprint density at radius 3 is 2.53 bits per heavy atom. The first-order chi connectivity index (χ1) is 8.22. The summed E-state index contributed by atoms with van der Waals surface area (Å²) in [5.74, 6) is 0. The van der Waals surface area contributed by atoms with Crippen LogP contribution in [0.4, 0.5) is 0 Å². The van der Waals surface area contributed by atoms with Crippen LogP contribution in [0.3, 0.4) is 0 Å². The van der Waals surface area contributed by atoms with Crippen LogP contribution >= 0.6 is 0 Å². The summed E-state index contributed by atoms with van der Waals surface area (Å²) in [5, 5.41) is 9.11. The maximum Gasteiger partial charge on any atom is 0.0995 e. The van der Waals surface area contributed by atoms with Crippen molar-refractivity contribution in [1.29, 1.82) is 5.26 Å². The van der Waals surface area contributed by atoms with Crippen molar-refractivity contribution in [2.24, 2.45) is 0 Å². The molecule has 0 radical (unpaired) electrons. The van der Waals surface area contributed by atoms with E-state index in [-0.39, 0.29) is 0 Å². The van der Waals surface area contributed by atoms with Crippen LogP contribution in [0.2, 0.25) is 0 Å². The van der Waals surface area contributed by atoms with Crippen LogP contribution in [-0.2, 0) is 6.54 Å². The molecule has 0 amide bonds. The molecule has 1 fully saturated rings. The second kappa shape index (κ2) is 5.33. The summed E-state index contributed by atoms with van der Waals surface area (Å²) in [7, 11) is 0. The van der Waals surface area contributed by atoms with Gasteiger partial charge >= 0.3 is 0 Å². The number of likely N-dealkylation sites (tertiary alicyclic amines) is 1. The Bertz CT molecular complexity index is 409. The van der Waals surface area contributed by atoms with Gasteiger partial charge in [0.2, 0.25) is 0 Å². The highest BCUT2D eigenvalue weighted by Gasteiger charge is 2.24. The van der Waals surface area contributed by atoms with Gasteiger partial charge in [0.25, 0.3) is 0 Å².